The minimum Gasteiger partial charge on any atom is -0.499 e. The number of ether oxygens (including phenoxy) is 7. The average Bonchev–Trinajstić information content (AvgIpc) is 1.60. The highest BCUT2D eigenvalue weighted by atomic mass is 32.1. The van der Waals surface area contributed by atoms with Gasteiger partial charge in [0.2, 0.25) is 12.7 Å². The van der Waals surface area contributed by atoms with Gasteiger partial charge in [-0.3, -0.25) is 28.8 Å². The maximum Gasteiger partial charge on any atom is 0.472 e. The zero-order chi connectivity index (χ0) is 79.2. The number of aliphatic hydroxyl groups excluding tert-OH is 1. The molecule has 1 saturated heterocycles. The Kier molecular flexibility index (Phi) is 23.7. The molecule has 10 atom stereocenters. The number of carbonyl (C=O) groups is 8. The summed E-state index contributed by atoms with van der Waals surface area (Å²) >= 11 is 4.00. The molecule has 4 aliphatic rings. The monoisotopic (exact) mass is 1660 g/mol. The van der Waals surface area contributed by atoms with Gasteiger partial charge in [-0.2, -0.15) is 4.73 Å². The summed E-state index contributed by atoms with van der Waals surface area (Å²) in [5.41, 5.74) is 0.513. The maximum absolute atomic E-state index is 15.6. The number of phosphoric acid groups is 2. The van der Waals surface area contributed by atoms with Gasteiger partial charge in [0.15, 0.2) is 30.6 Å². The molecule has 584 valence electrons. The molecule has 0 saturated carbocycles. The van der Waals surface area contributed by atoms with Gasteiger partial charge in [0.05, 0.1) is 48.8 Å². The molecule has 4 aliphatic heterocycles. The average molecular weight is 1660 g/mol. The molecule has 11 heterocycles. The number of primary amides is 1. The van der Waals surface area contributed by atoms with E-state index in [1.54, 1.807) is 32.8 Å². The van der Waals surface area contributed by atoms with Crippen molar-refractivity contribution in [2.45, 2.75) is 108 Å². The number of nitrogens with two attached hydrogens (primary N) is 1. The van der Waals surface area contributed by atoms with Gasteiger partial charge in [0.25, 0.3) is 29.5 Å². The van der Waals surface area contributed by atoms with Gasteiger partial charge >= 0.3 is 27.6 Å². The number of nitrogens with zero attached hydrogens (tertiary/aromatic N) is 8. The highest BCUT2D eigenvalue weighted by Crippen LogP contribution is 2.45. The molecule has 10 unspecified atom stereocenters. The molecule has 12 rings (SSSR count). The Morgan fingerprint density at radius 1 is 0.827 bits per heavy atom. The third-order valence-corrected chi connectivity index (χ3v) is 22.5. The van der Waals surface area contributed by atoms with Gasteiger partial charge in [-0.05, 0) is 59.5 Å². The van der Waals surface area contributed by atoms with E-state index >= 15 is 19.2 Å². The standard InChI is InChI=1S/C63H66N14O26P2S5/c1-24(50(64)79)65-51(80)33-19-109-59(70-33)44-38(98-22-100-104(88,89)90)12-29-43(72-44)32-17-107-57(67-32)31-16-97-61(85)46-30-15-95-47(48(103-39-13-63(5,87)49(76(6)7)27(4)102-39)62(86)96-14-28-10-9-11-37(40(28)30)77(46)99-23-101-105(91,92)93)45(60-71-34(20-110-60)52(81)66-31)75-54(83)36-21-108-58(69-36)42(26(3)94-8)74-55(84)41(25(2)78)73-53(82)35-18-106-56(29)68-35/h9-12,17-21,25,27,31,39,41,45,47-49,78,87H,1,13-16,22-23H2,2-8H3,(H2,64,79)(H,65,80)(H,66,81)(H,73,82)(H,74,84)(H,75,83)(H2,88,89,90)(H2,91,92,93)/b42-26-. The van der Waals surface area contributed by atoms with Gasteiger partial charge in [-0.25, -0.2) is 57.7 Å². The SMILES string of the molecule is C=C(NC(=O)c1csc(-c2nc3c(cc2OCOP(=O)(O)O)-c2nc(cs2)C(=O)NC(C(C)O)C(=O)N/C(=C(/C)OC)c2nc(cs2)C(=O)NC2c4nc(cs4)C(=O)NC(COC(=O)c4c5c6c(cccc6n4OCOP(=O)(O)O)COC(=O)C(OC4CC(C)(O)C(N(C)C)C(C)O4)C2OC5)c2nc-3cs2)n1)C(N)=O. The van der Waals surface area contributed by atoms with E-state index in [2.05, 4.69) is 52.6 Å². The fraction of sp³-hybridized carbons (Fsp3) is 0.365. The predicted molar refractivity (Wildman–Crippen MR) is 384 cm³/mol. The number of rotatable bonds is 17. The highest BCUT2D eigenvalue weighted by Gasteiger charge is 2.50. The smallest absolute Gasteiger partial charge is 0.472 e. The summed E-state index contributed by atoms with van der Waals surface area (Å²) < 4.78 is 78.2. The molecular formula is C63H66N14O26P2S5. The molecule has 1 fully saturated rings. The number of amides is 6. The number of aromatic nitrogens is 7. The summed E-state index contributed by atoms with van der Waals surface area (Å²) in [6.07, 6.45) is -8.13. The van der Waals surface area contributed by atoms with Crippen LogP contribution in [0.2, 0.25) is 0 Å². The fourth-order valence-corrected chi connectivity index (χ4v) is 16.8. The van der Waals surface area contributed by atoms with Gasteiger partial charge < -0.3 is 105 Å². The Bertz CT molecular complexity index is 5120. The van der Waals surface area contributed by atoms with Crippen LogP contribution in [0.5, 0.6) is 5.75 Å². The Hall–Kier alpha value is -9.32. The first-order chi connectivity index (χ1) is 52.0. The normalized spacial score (nSPS) is 23.0. The van der Waals surface area contributed by atoms with E-state index in [0.29, 0.717) is 0 Å². The number of likely N-dealkylation sites (N-methyl/N-ethyl adjacent to an activating group) is 1. The topological polar surface area (TPSA) is 556 Å². The van der Waals surface area contributed by atoms with Crippen LogP contribution in [-0.4, -0.2) is 206 Å². The lowest BCUT2D eigenvalue weighted by Gasteiger charge is -2.48. The number of cyclic esters (lactones) is 2. The second-order valence-electron chi connectivity index (χ2n) is 25.0. The fourth-order valence-electron chi connectivity index (χ4n) is 12.3. The molecule has 47 heteroatoms. The second kappa shape index (κ2) is 32.6. The summed E-state index contributed by atoms with van der Waals surface area (Å²) in [6.45, 7) is 4.67. The van der Waals surface area contributed by atoms with Crippen LogP contribution in [0, 0.1) is 0 Å². The Balaban J connectivity index is 1.08. The van der Waals surface area contributed by atoms with E-state index < -0.39 is 168 Å². The number of aliphatic hydroxyl groups is 2. The largest absolute Gasteiger partial charge is 0.499 e. The number of esters is 2. The van der Waals surface area contributed by atoms with Crippen molar-refractivity contribution in [1.29, 1.82) is 0 Å². The van der Waals surface area contributed by atoms with Crippen molar-refractivity contribution in [2.24, 2.45) is 5.73 Å². The van der Waals surface area contributed by atoms with Gasteiger partial charge in [-0.1, -0.05) is 18.7 Å². The van der Waals surface area contributed by atoms with Crippen LogP contribution in [0.1, 0.15) is 125 Å². The van der Waals surface area contributed by atoms with Crippen LogP contribution >= 0.6 is 72.3 Å². The van der Waals surface area contributed by atoms with E-state index in [1.807, 2.05) is 0 Å². The molecule has 8 aromatic rings. The highest BCUT2D eigenvalue weighted by molar-refractivity contribution is 7.46. The van der Waals surface area contributed by atoms with E-state index in [9.17, 15) is 58.1 Å². The van der Waals surface area contributed by atoms with E-state index in [1.165, 1.54) is 72.1 Å². The minimum atomic E-state index is -5.32. The number of pyridine rings is 1. The zero-order valence-electron chi connectivity index (χ0n) is 58.3. The number of carbonyl (C=O) groups excluding carboxylic acids is 8. The Morgan fingerprint density at radius 3 is 2.16 bits per heavy atom. The summed E-state index contributed by atoms with van der Waals surface area (Å²) in [7, 11) is -5.86. The predicted octanol–water partition coefficient (Wildman–Crippen LogP) is 2.89. The lowest BCUT2D eigenvalue weighted by Crippen LogP contribution is -2.62. The van der Waals surface area contributed by atoms with Crippen molar-refractivity contribution < 1.29 is 124 Å². The minimum absolute atomic E-state index is 0.00657. The van der Waals surface area contributed by atoms with E-state index in [4.69, 9.17) is 63.2 Å². The first kappa shape index (κ1) is 80.2. The van der Waals surface area contributed by atoms with Gasteiger partial charge in [0, 0.05) is 49.8 Å². The van der Waals surface area contributed by atoms with Crippen molar-refractivity contribution in [2.75, 3.05) is 41.4 Å². The molecule has 13 N–H and O–H groups in total. The lowest BCUT2D eigenvalue weighted by atomic mass is 9.85. The molecular weight excluding hydrogens is 1590 g/mol. The quantitative estimate of drug-likeness (QED) is 0.0205. The molecule has 6 amide bonds. The third kappa shape index (κ3) is 17.5. The molecule has 110 heavy (non-hydrogen) atoms. The number of benzene rings is 1. The number of allylic oxidation sites excluding steroid dienone is 1. The number of methoxy groups -OCH3 is 1. The van der Waals surface area contributed by atoms with Crippen LogP contribution in [0.15, 0.2) is 69.2 Å². The van der Waals surface area contributed by atoms with Crippen molar-refractivity contribution in [3.05, 3.63) is 124 Å². The van der Waals surface area contributed by atoms with Crippen LogP contribution < -0.4 is 41.9 Å². The molecule has 0 aliphatic carbocycles. The first-order valence-corrected chi connectivity index (χ1v) is 39.8. The molecule has 0 spiro atoms. The lowest BCUT2D eigenvalue weighted by molar-refractivity contribution is -0.280. The number of hydrogen-bond acceptors (Lipinski definition) is 34. The second-order valence-corrected chi connectivity index (χ2v) is 31.9. The first-order valence-electron chi connectivity index (χ1n) is 32.3. The molecule has 7 aromatic heterocycles. The van der Waals surface area contributed by atoms with E-state index in [0.717, 1.165) is 61.4 Å². The zero-order valence-corrected chi connectivity index (χ0v) is 64.2. The molecule has 12 bridgehead atoms. The van der Waals surface area contributed by atoms with Crippen molar-refractivity contribution in [3.8, 4) is 38.4 Å². The van der Waals surface area contributed by atoms with Crippen molar-refractivity contribution in [1.82, 2.24) is 66.1 Å². The Morgan fingerprint density at radius 2 is 1.47 bits per heavy atom. The molecule has 40 nitrogen and oxygen atoms in total. The number of fused-ring (bicyclic) bond motifs is 15. The van der Waals surface area contributed by atoms with Crippen molar-refractivity contribution >= 4 is 136 Å². The molecule has 0 radical (unpaired) electrons. The van der Waals surface area contributed by atoms with Crippen LogP contribution in [0.4, 0.5) is 0 Å². The van der Waals surface area contributed by atoms with Gasteiger partial charge in [0.1, 0.15) is 114 Å². The van der Waals surface area contributed by atoms with Crippen LogP contribution in [0.3, 0.4) is 0 Å². The summed E-state index contributed by atoms with van der Waals surface area (Å²) in [5.74, 6) is -8.96. The summed E-state index contributed by atoms with van der Waals surface area (Å²) in [5, 5.41) is 42.4. The molecule has 1 aromatic carbocycles. The number of hydrogen-bond donors (Lipinski definition) is 12. The third-order valence-electron chi connectivity index (χ3n) is 17.1. The van der Waals surface area contributed by atoms with E-state index in [-0.39, 0.29) is 116 Å². The van der Waals surface area contributed by atoms with Crippen LogP contribution in [0.25, 0.3) is 49.3 Å². The van der Waals surface area contributed by atoms with Crippen molar-refractivity contribution in [3.63, 3.8) is 0 Å². The van der Waals surface area contributed by atoms with Gasteiger partial charge in [-0.15, -0.1) is 56.7 Å². The Labute approximate surface area is 640 Å². The summed E-state index contributed by atoms with van der Waals surface area (Å²) in [4.78, 5) is 191. The maximum atomic E-state index is 15.6. The number of phosphoric ester groups is 2. The summed E-state index contributed by atoms with van der Waals surface area (Å²) in [6, 6.07) is -0.0631. The number of thiazole rings is 5. The number of nitrogens with one attached hydrogen (secondary N) is 5. The van der Waals surface area contributed by atoms with Crippen LogP contribution in [-0.2, 0) is 74.2 Å².